The van der Waals surface area contributed by atoms with Gasteiger partial charge in [-0.15, -0.1) is 4.40 Å². The number of nitrogens with two attached hydrogens (primary N) is 1. The monoisotopic (exact) mass is 174 g/mol. The summed E-state index contributed by atoms with van der Waals surface area (Å²) in [7, 11) is 0. The van der Waals surface area contributed by atoms with Gasteiger partial charge in [-0.2, -0.15) is 5.10 Å². The van der Waals surface area contributed by atoms with Crippen LogP contribution >= 0.6 is 0 Å². The molecule has 0 bridgehead atoms. The Morgan fingerprint density at radius 2 is 2.55 bits per heavy atom. The van der Waals surface area contributed by atoms with E-state index in [-0.39, 0.29) is 5.96 Å². The lowest BCUT2D eigenvalue weighted by molar-refractivity contribution is 0.566. The van der Waals surface area contributed by atoms with Crippen LogP contribution in [0.4, 0.5) is 0 Å². The predicted molar refractivity (Wildman–Crippen MR) is 40.0 cm³/mol. The van der Waals surface area contributed by atoms with Gasteiger partial charge in [0.1, 0.15) is 0 Å². The van der Waals surface area contributed by atoms with Crippen molar-refractivity contribution in [2.75, 3.05) is 0 Å². The lowest BCUT2D eigenvalue weighted by Crippen LogP contribution is -2.23. The van der Waals surface area contributed by atoms with Crippen LogP contribution in [0.15, 0.2) is 22.9 Å². The third kappa shape index (κ3) is 2.13. The van der Waals surface area contributed by atoms with E-state index in [1.807, 2.05) is 0 Å². The van der Waals surface area contributed by atoms with E-state index >= 15 is 0 Å². The molecule has 1 unspecified atom stereocenters. The molecule has 0 saturated carbocycles. The Morgan fingerprint density at radius 1 is 1.82 bits per heavy atom. The molecule has 6 nitrogen and oxygen atoms in total. The quantitative estimate of drug-likeness (QED) is 0.330. The molecule has 1 atom stereocenters. The fourth-order valence-corrected chi connectivity index (χ4v) is 0.770. The molecule has 0 amide bonds. The van der Waals surface area contributed by atoms with Gasteiger partial charge in [-0.05, 0) is 6.07 Å². The molecule has 7 heteroatoms. The van der Waals surface area contributed by atoms with E-state index in [0.717, 1.165) is 0 Å². The Kier molecular flexibility index (Phi) is 2.34. The van der Waals surface area contributed by atoms with Crippen molar-refractivity contribution < 1.29 is 8.76 Å². The van der Waals surface area contributed by atoms with Crippen molar-refractivity contribution in [1.29, 1.82) is 0 Å². The first-order chi connectivity index (χ1) is 5.20. The van der Waals surface area contributed by atoms with Gasteiger partial charge in [0.2, 0.25) is 5.96 Å². The topological polar surface area (TPSA) is 93.5 Å². The molecule has 60 valence electrons. The lowest BCUT2D eigenvalue weighted by Gasteiger charge is -1.95. The molecule has 0 fully saturated rings. The lowest BCUT2D eigenvalue weighted by atomic mass is 10.7. The van der Waals surface area contributed by atoms with Gasteiger partial charge in [0.05, 0.1) is 0 Å². The SMILES string of the molecule is NC(=NS(=O)O)n1cccn1. The standard InChI is InChI=1S/C4H6N4O2S/c5-4(7-11(9)10)8-3-1-2-6-8/h1-3H,(H2,5,7)(H,9,10). The third-order valence-corrected chi connectivity index (χ3v) is 1.25. The van der Waals surface area contributed by atoms with Crippen LogP contribution in [0.25, 0.3) is 0 Å². The summed E-state index contributed by atoms with van der Waals surface area (Å²) in [5, 5.41) is 3.68. The Balaban J connectivity index is 2.86. The van der Waals surface area contributed by atoms with Crippen molar-refractivity contribution in [2.45, 2.75) is 0 Å². The molecule has 0 radical (unpaired) electrons. The fourth-order valence-electron chi connectivity index (χ4n) is 0.526. The van der Waals surface area contributed by atoms with E-state index in [9.17, 15) is 4.21 Å². The minimum Gasteiger partial charge on any atom is -0.367 e. The zero-order chi connectivity index (χ0) is 8.27. The number of hydrogen-bond donors (Lipinski definition) is 2. The molecule has 0 aliphatic heterocycles. The first-order valence-electron chi connectivity index (χ1n) is 2.65. The average molecular weight is 174 g/mol. The summed E-state index contributed by atoms with van der Waals surface area (Å²) in [6, 6.07) is 1.63. The van der Waals surface area contributed by atoms with E-state index < -0.39 is 11.3 Å². The molecule has 1 aromatic heterocycles. The first kappa shape index (κ1) is 7.89. The third-order valence-electron chi connectivity index (χ3n) is 0.911. The second kappa shape index (κ2) is 3.26. The number of hydrogen-bond acceptors (Lipinski definition) is 2. The van der Waals surface area contributed by atoms with Crippen molar-refractivity contribution in [3.8, 4) is 0 Å². The van der Waals surface area contributed by atoms with Gasteiger partial charge in [-0.25, -0.2) is 8.89 Å². The largest absolute Gasteiger partial charge is 0.367 e. The zero-order valence-corrected chi connectivity index (χ0v) is 6.23. The maximum atomic E-state index is 10.1. The van der Waals surface area contributed by atoms with E-state index in [1.165, 1.54) is 17.1 Å². The zero-order valence-electron chi connectivity index (χ0n) is 5.41. The van der Waals surface area contributed by atoms with Gasteiger partial charge in [-0.3, -0.25) is 4.55 Å². The summed E-state index contributed by atoms with van der Waals surface area (Å²) in [6.45, 7) is 0. The van der Waals surface area contributed by atoms with Crippen molar-refractivity contribution in [2.24, 2.45) is 10.1 Å². The molecule has 0 aliphatic rings. The average Bonchev–Trinajstić information content (AvgIpc) is 2.35. The number of rotatable bonds is 1. The van der Waals surface area contributed by atoms with Gasteiger partial charge in [0, 0.05) is 12.4 Å². The van der Waals surface area contributed by atoms with E-state index in [4.69, 9.17) is 10.3 Å². The van der Waals surface area contributed by atoms with Gasteiger partial charge >= 0.3 is 0 Å². The number of aromatic nitrogens is 2. The first-order valence-corrected chi connectivity index (χ1v) is 3.71. The molecule has 0 saturated heterocycles. The number of nitrogens with zero attached hydrogens (tertiary/aromatic N) is 3. The van der Waals surface area contributed by atoms with Crippen LogP contribution < -0.4 is 5.73 Å². The smallest absolute Gasteiger partial charge is 0.285 e. The summed E-state index contributed by atoms with van der Waals surface area (Å²) in [6.07, 6.45) is 3.01. The molecular formula is C4H6N4O2S. The normalized spacial score (nSPS) is 14.8. The summed E-state index contributed by atoms with van der Waals surface area (Å²) in [4.78, 5) is 0. The predicted octanol–water partition coefficient (Wildman–Crippen LogP) is -0.817. The summed E-state index contributed by atoms with van der Waals surface area (Å²) in [5.74, 6) is -0.115. The Labute approximate surface area is 65.2 Å². The second-order valence-corrected chi connectivity index (χ2v) is 2.27. The molecule has 1 aromatic rings. The molecule has 3 N–H and O–H groups in total. The molecule has 0 spiro atoms. The van der Waals surface area contributed by atoms with Crippen LogP contribution in [0.3, 0.4) is 0 Å². The summed E-state index contributed by atoms with van der Waals surface area (Å²) in [5.41, 5.74) is 5.24. The maximum absolute atomic E-state index is 10.1. The molecule has 1 rings (SSSR count). The highest BCUT2D eigenvalue weighted by Gasteiger charge is 1.96. The van der Waals surface area contributed by atoms with Crippen molar-refractivity contribution in [1.82, 2.24) is 9.78 Å². The minimum atomic E-state index is -2.28. The van der Waals surface area contributed by atoms with Crippen molar-refractivity contribution >= 4 is 17.2 Å². The molecule has 0 aliphatic carbocycles. The van der Waals surface area contributed by atoms with Crippen LogP contribution in [0.2, 0.25) is 0 Å². The van der Waals surface area contributed by atoms with Gasteiger partial charge in [0.25, 0.3) is 11.3 Å². The molecule has 1 heterocycles. The maximum Gasteiger partial charge on any atom is 0.285 e. The van der Waals surface area contributed by atoms with E-state index in [2.05, 4.69) is 9.50 Å². The van der Waals surface area contributed by atoms with Gasteiger partial charge in [-0.1, -0.05) is 0 Å². The Bertz CT molecular complexity index is 280. The highest BCUT2D eigenvalue weighted by atomic mass is 32.2. The van der Waals surface area contributed by atoms with E-state index in [0.29, 0.717) is 0 Å². The Morgan fingerprint density at radius 3 is 3.00 bits per heavy atom. The minimum absolute atomic E-state index is 0.115. The Hall–Kier alpha value is -1.21. The van der Waals surface area contributed by atoms with Gasteiger partial charge < -0.3 is 5.73 Å². The summed E-state index contributed by atoms with van der Waals surface area (Å²) < 4.78 is 22.7. The van der Waals surface area contributed by atoms with Crippen molar-refractivity contribution in [3.05, 3.63) is 18.5 Å². The van der Waals surface area contributed by atoms with Crippen LogP contribution in [0.5, 0.6) is 0 Å². The van der Waals surface area contributed by atoms with Crippen LogP contribution in [-0.2, 0) is 11.3 Å². The van der Waals surface area contributed by atoms with Crippen LogP contribution in [0, 0.1) is 0 Å². The van der Waals surface area contributed by atoms with Crippen LogP contribution in [0.1, 0.15) is 0 Å². The fraction of sp³-hybridized carbons (Fsp3) is 0. The molecule has 0 aromatic carbocycles. The second-order valence-electron chi connectivity index (χ2n) is 1.63. The highest BCUT2D eigenvalue weighted by Crippen LogP contribution is 1.83. The highest BCUT2D eigenvalue weighted by molar-refractivity contribution is 7.78. The molecule has 11 heavy (non-hydrogen) atoms. The van der Waals surface area contributed by atoms with Crippen LogP contribution in [-0.4, -0.2) is 24.5 Å². The van der Waals surface area contributed by atoms with Gasteiger partial charge in [0.15, 0.2) is 0 Å². The van der Waals surface area contributed by atoms with Crippen molar-refractivity contribution in [3.63, 3.8) is 0 Å². The van der Waals surface area contributed by atoms with E-state index in [1.54, 1.807) is 6.07 Å². The summed E-state index contributed by atoms with van der Waals surface area (Å²) >= 11 is -2.28. The molecular weight excluding hydrogens is 168 g/mol.